The van der Waals surface area contributed by atoms with Gasteiger partial charge >= 0.3 is 6.18 Å². The summed E-state index contributed by atoms with van der Waals surface area (Å²) in [4.78, 5) is 11.3. The third-order valence-corrected chi connectivity index (χ3v) is 2.57. The fourth-order valence-corrected chi connectivity index (χ4v) is 1.65. The van der Waals surface area contributed by atoms with Gasteiger partial charge in [-0.05, 0) is 12.8 Å². The van der Waals surface area contributed by atoms with Crippen molar-refractivity contribution in [3.05, 3.63) is 0 Å². The Morgan fingerprint density at radius 1 is 1.40 bits per heavy atom. The SMILES string of the molecule is O=C(NCC(O)C(F)(F)F)C1CCCC1. The summed E-state index contributed by atoms with van der Waals surface area (Å²) in [5.74, 6) is -0.554. The normalized spacial score (nSPS) is 20.3. The molecule has 3 nitrogen and oxygen atoms in total. The number of hydrogen-bond donors (Lipinski definition) is 2. The highest BCUT2D eigenvalue weighted by molar-refractivity contribution is 5.78. The van der Waals surface area contributed by atoms with E-state index in [4.69, 9.17) is 5.11 Å². The van der Waals surface area contributed by atoms with Crippen LogP contribution < -0.4 is 5.32 Å². The number of hydrogen-bond acceptors (Lipinski definition) is 2. The zero-order chi connectivity index (χ0) is 11.5. The molecule has 0 saturated heterocycles. The first-order valence-electron chi connectivity index (χ1n) is 4.93. The lowest BCUT2D eigenvalue weighted by atomic mass is 10.1. The van der Waals surface area contributed by atoms with Crippen LogP contribution in [0.25, 0.3) is 0 Å². The Balaban J connectivity index is 2.27. The summed E-state index contributed by atoms with van der Waals surface area (Å²) >= 11 is 0. The average molecular weight is 225 g/mol. The van der Waals surface area contributed by atoms with Crippen molar-refractivity contribution in [3.8, 4) is 0 Å². The van der Waals surface area contributed by atoms with Crippen molar-refractivity contribution >= 4 is 5.91 Å². The van der Waals surface area contributed by atoms with Crippen molar-refractivity contribution in [2.24, 2.45) is 5.92 Å². The average Bonchev–Trinajstić information content (AvgIpc) is 2.64. The minimum absolute atomic E-state index is 0.176. The molecule has 0 heterocycles. The van der Waals surface area contributed by atoms with Gasteiger partial charge in [-0.1, -0.05) is 12.8 Å². The van der Waals surface area contributed by atoms with Crippen LogP contribution in [-0.4, -0.2) is 29.8 Å². The quantitative estimate of drug-likeness (QED) is 0.758. The molecule has 0 spiro atoms. The van der Waals surface area contributed by atoms with Crippen LogP contribution in [-0.2, 0) is 4.79 Å². The summed E-state index contributed by atoms with van der Waals surface area (Å²) in [6, 6.07) is 0. The molecule has 88 valence electrons. The molecule has 1 fully saturated rings. The molecule has 1 aliphatic carbocycles. The van der Waals surface area contributed by atoms with Gasteiger partial charge in [0.05, 0.1) is 6.54 Å². The van der Waals surface area contributed by atoms with Crippen LogP contribution in [0.4, 0.5) is 13.2 Å². The maximum absolute atomic E-state index is 11.9. The van der Waals surface area contributed by atoms with Crippen molar-refractivity contribution in [3.63, 3.8) is 0 Å². The van der Waals surface area contributed by atoms with E-state index in [0.29, 0.717) is 0 Å². The van der Waals surface area contributed by atoms with Gasteiger partial charge < -0.3 is 10.4 Å². The number of halogens is 3. The van der Waals surface area contributed by atoms with E-state index >= 15 is 0 Å². The van der Waals surface area contributed by atoms with Gasteiger partial charge in [0.25, 0.3) is 0 Å². The molecule has 0 radical (unpaired) electrons. The van der Waals surface area contributed by atoms with E-state index in [1.54, 1.807) is 0 Å². The van der Waals surface area contributed by atoms with Crippen LogP contribution in [0.5, 0.6) is 0 Å². The maximum Gasteiger partial charge on any atom is 0.416 e. The van der Waals surface area contributed by atoms with E-state index in [1.165, 1.54) is 0 Å². The lowest BCUT2D eigenvalue weighted by Crippen LogP contribution is -2.42. The molecule has 1 unspecified atom stereocenters. The number of carbonyl (C=O) groups is 1. The highest BCUT2D eigenvalue weighted by atomic mass is 19.4. The van der Waals surface area contributed by atoms with E-state index in [2.05, 4.69) is 5.32 Å². The van der Waals surface area contributed by atoms with Gasteiger partial charge in [0.15, 0.2) is 6.10 Å². The molecular weight excluding hydrogens is 211 g/mol. The van der Waals surface area contributed by atoms with Gasteiger partial charge in [-0.15, -0.1) is 0 Å². The van der Waals surface area contributed by atoms with E-state index < -0.39 is 18.8 Å². The second-order valence-corrected chi connectivity index (χ2v) is 3.78. The zero-order valence-corrected chi connectivity index (χ0v) is 8.18. The molecule has 1 aliphatic rings. The van der Waals surface area contributed by atoms with Crippen LogP contribution in [0.2, 0.25) is 0 Å². The molecule has 0 bridgehead atoms. The first-order chi connectivity index (χ1) is 6.91. The van der Waals surface area contributed by atoms with Crippen molar-refractivity contribution in [1.29, 1.82) is 0 Å². The van der Waals surface area contributed by atoms with Crippen molar-refractivity contribution in [2.45, 2.75) is 38.0 Å². The number of aliphatic hydroxyl groups is 1. The molecule has 1 rings (SSSR count). The maximum atomic E-state index is 11.9. The van der Waals surface area contributed by atoms with Crippen LogP contribution in [0.15, 0.2) is 0 Å². The van der Waals surface area contributed by atoms with Gasteiger partial charge in [-0.3, -0.25) is 4.79 Å². The van der Waals surface area contributed by atoms with E-state index in [-0.39, 0.29) is 11.8 Å². The predicted octanol–water partition coefficient (Wildman–Crippen LogP) is 1.22. The molecule has 0 aromatic heterocycles. The summed E-state index contributed by atoms with van der Waals surface area (Å²) in [6.07, 6.45) is -3.78. The van der Waals surface area contributed by atoms with Crippen molar-refractivity contribution in [2.75, 3.05) is 6.54 Å². The molecule has 1 atom stereocenters. The Morgan fingerprint density at radius 3 is 2.40 bits per heavy atom. The van der Waals surface area contributed by atoms with Crippen LogP contribution in [0.1, 0.15) is 25.7 Å². The van der Waals surface area contributed by atoms with Gasteiger partial charge in [-0.25, -0.2) is 0 Å². The third-order valence-electron chi connectivity index (χ3n) is 2.57. The van der Waals surface area contributed by atoms with Crippen LogP contribution >= 0.6 is 0 Å². The molecule has 0 aliphatic heterocycles. The monoisotopic (exact) mass is 225 g/mol. The largest absolute Gasteiger partial charge is 0.416 e. The van der Waals surface area contributed by atoms with Crippen molar-refractivity contribution < 1.29 is 23.1 Å². The smallest absolute Gasteiger partial charge is 0.382 e. The summed E-state index contributed by atoms with van der Waals surface area (Å²) in [7, 11) is 0. The standard InChI is InChI=1S/C9H14F3NO2/c10-9(11,12)7(14)5-13-8(15)6-3-1-2-4-6/h6-7,14H,1-5H2,(H,13,15). The Morgan fingerprint density at radius 2 is 1.93 bits per heavy atom. The fourth-order valence-electron chi connectivity index (χ4n) is 1.65. The first kappa shape index (κ1) is 12.3. The van der Waals surface area contributed by atoms with Crippen LogP contribution in [0, 0.1) is 5.92 Å². The van der Waals surface area contributed by atoms with Gasteiger partial charge in [0, 0.05) is 5.92 Å². The predicted molar refractivity (Wildman–Crippen MR) is 47.0 cm³/mol. The summed E-state index contributed by atoms with van der Waals surface area (Å²) < 4.78 is 35.6. The van der Waals surface area contributed by atoms with Gasteiger partial charge in [-0.2, -0.15) is 13.2 Å². The first-order valence-corrected chi connectivity index (χ1v) is 4.93. The van der Waals surface area contributed by atoms with Crippen molar-refractivity contribution in [1.82, 2.24) is 5.32 Å². The Labute approximate surface area is 85.7 Å². The number of alkyl halides is 3. The van der Waals surface area contributed by atoms with Crippen LogP contribution in [0.3, 0.4) is 0 Å². The summed E-state index contributed by atoms with van der Waals surface area (Å²) in [5.41, 5.74) is 0. The molecule has 0 aromatic carbocycles. The molecule has 1 amide bonds. The molecule has 2 N–H and O–H groups in total. The van der Waals surface area contributed by atoms with E-state index in [1.807, 2.05) is 0 Å². The molecule has 15 heavy (non-hydrogen) atoms. The molecule has 1 saturated carbocycles. The second kappa shape index (κ2) is 4.83. The Hall–Kier alpha value is -0.780. The lowest BCUT2D eigenvalue weighted by Gasteiger charge is -2.16. The number of nitrogens with one attached hydrogen (secondary N) is 1. The minimum atomic E-state index is -4.66. The van der Waals surface area contributed by atoms with Gasteiger partial charge in [0.1, 0.15) is 0 Å². The Kier molecular flexibility index (Phi) is 3.96. The third kappa shape index (κ3) is 3.70. The number of amides is 1. The molecular formula is C9H14F3NO2. The summed E-state index contributed by atoms with van der Waals surface area (Å²) in [5, 5.41) is 10.8. The van der Waals surface area contributed by atoms with E-state index in [0.717, 1.165) is 25.7 Å². The molecule has 0 aromatic rings. The lowest BCUT2D eigenvalue weighted by molar-refractivity contribution is -0.202. The number of aliphatic hydroxyl groups excluding tert-OH is 1. The summed E-state index contributed by atoms with van der Waals surface area (Å²) in [6.45, 7) is -0.751. The topological polar surface area (TPSA) is 49.3 Å². The highest BCUT2D eigenvalue weighted by Gasteiger charge is 2.38. The molecule has 6 heteroatoms. The Bertz CT molecular complexity index is 224. The fraction of sp³-hybridized carbons (Fsp3) is 0.889. The van der Waals surface area contributed by atoms with E-state index in [9.17, 15) is 18.0 Å². The minimum Gasteiger partial charge on any atom is -0.382 e. The highest BCUT2D eigenvalue weighted by Crippen LogP contribution is 2.25. The number of rotatable bonds is 3. The second-order valence-electron chi connectivity index (χ2n) is 3.78. The number of carbonyl (C=O) groups excluding carboxylic acids is 1. The van der Waals surface area contributed by atoms with Gasteiger partial charge in [0.2, 0.25) is 5.91 Å². The zero-order valence-electron chi connectivity index (χ0n) is 8.18.